The Morgan fingerprint density at radius 3 is 2.48 bits per heavy atom. The molecule has 2 atom stereocenters. The Bertz CT molecular complexity index is 483. The maximum Gasteiger partial charge on any atom is 0.238 e. The van der Waals surface area contributed by atoms with Crippen LogP contribution < -0.4 is 16.2 Å². The van der Waals surface area contributed by atoms with Gasteiger partial charge >= 0.3 is 0 Å². The van der Waals surface area contributed by atoms with Crippen molar-refractivity contribution in [2.45, 2.75) is 26.8 Å². The Hall–Kier alpha value is -1.59. The molecule has 1 fully saturated rings. The number of hydrazine groups is 1. The second-order valence-electron chi connectivity index (χ2n) is 5.90. The number of nitrogens with two attached hydrogens (primary N) is 1. The summed E-state index contributed by atoms with van der Waals surface area (Å²) in [7, 11) is 0. The molecule has 1 aliphatic heterocycles. The van der Waals surface area contributed by atoms with Gasteiger partial charge in [0.2, 0.25) is 5.91 Å². The van der Waals surface area contributed by atoms with Gasteiger partial charge in [-0.05, 0) is 31.5 Å². The zero-order chi connectivity index (χ0) is 15.4. The van der Waals surface area contributed by atoms with Crippen molar-refractivity contribution in [2.24, 2.45) is 11.8 Å². The molecule has 0 bridgehead atoms. The van der Waals surface area contributed by atoms with Crippen molar-refractivity contribution in [3.8, 4) is 0 Å². The molecule has 2 rings (SSSR count). The van der Waals surface area contributed by atoms with Gasteiger partial charge < -0.3 is 4.90 Å². The molecule has 5 nitrogen and oxygen atoms in total. The van der Waals surface area contributed by atoms with E-state index in [4.69, 9.17) is 5.84 Å². The van der Waals surface area contributed by atoms with E-state index in [1.807, 2.05) is 6.92 Å². The molecule has 1 aromatic carbocycles. The van der Waals surface area contributed by atoms with Crippen LogP contribution in [0.2, 0.25) is 0 Å². The van der Waals surface area contributed by atoms with Crippen LogP contribution in [0.4, 0.5) is 5.69 Å². The molecule has 0 aromatic heterocycles. The van der Waals surface area contributed by atoms with Gasteiger partial charge in [-0.15, -0.1) is 0 Å². The van der Waals surface area contributed by atoms with Gasteiger partial charge in [0.05, 0.1) is 5.92 Å². The van der Waals surface area contributed by atoms with E-state index in [0.717, 1.165) is 26.2 Å². The summed E-state index contributed by atoms with van der Waals surface area (Å²) in [5, 5.41) is 0. The Balaban J connectivity index is 1.92. The molecule has 1 saturated heterocycles. The molecule has 1 amide bonds. The van der Waals surface area contributed by atoms with Crippen molar-refractivity contribution in [3.05, 3.63) is 29.8 Å². The molecule has 1 heterocycles. The SMILES string of the molecule is Cc1cccc(N2CCN(C(C)C(C)C(=O)NN)CC2)c1. The lowest BCUT2D eigenvalue weighted by atomic mass is 10.0. The lowest BCUT2D eigenvalue weighted by Crippen LogP contribution is -2.53. The number of anilines is 1. The van der Waals surface area contributed by atoms with Crippen LogP contribution in [0.15, 0.2) is 24.3 Å². The third-order valence-corrected chi connectivity index (χ3v) is 4.54. The summed E-state index contributed by atoms with van der Waals surface area (Å²) in [6.45, 7) is 10.1. The van der Waals surface area contributed by atoms with Crippen molar-refractivity contribution in [2.75, 3.05) is 31.1 Å². The number of aryl methyl sites for hydroxylation is 1. The quantitative estimate of drug-likeness (QED) is 0.496. The number of piperazine rings is 1. The molecule has 0 aliphatic carbocycles. The highest BCUT2D eigenvalue weighted by molar-refractivity contribution is 5.78. The normalized spacial score (nSPS) is 19.1. The van der Waals surface area contributed by atoms with E-state index >= 15 is 0 Å². The molecule has 2 unspecified atom stereocenters. The number of amides is 1. The van der Waals surface area contributed by atoms with E-state index in [-0.39, 0.29) is 17.9 Å². The molecule has 0 spiro atoms. The minimum atomic E-state index is -0.0967. The number of hydrogen-bond donors (Lipinski definition) is 2. The fraction of sp³-hybridized carbons (Fsp3) is 0.562. The Labute approximate surface area is 127 Å². The first-order valence-corrected chi connectivity index (χ1v) is 7.59. The minimum Gasteiger partial charge on any atom is -0.369 e. The highest BCUT2D eigenvalue weighted by Crippen LogP contribution is 2.20. The van der Waals surface area contributed by atoms with Gasteiger partial charge in [-0.2, -0.15) is 0 Å². The third kappa shape index (κ3) is 3.74. The van der Waals surface area contributed by atoms with Crippen molar-refractivity contribution < 1.29 is 4.79 Å². The molecule has 116 valence electrons. The van der Waals surface area contributed by atoms with E-state index in [1.54, 1.807) is 0 Å². The Morgan fingerprint density at radius 2 is 1.90 bits per heavy atom. The smallest absolute Gasteiger partial charge is 0.238 e. The van der Waals surface area contributed by atoms with Crippen molar-refractivity contribution >= 4 is 11.6 Å². The summed E-state index contributed by atoms with van der Waals surface area (Å²) in [5.41, 5.74) is 4.83. The van der Waals surface area contributed by atoms with Crippen LogP contribution in [0.1, 0.15) is 19.4 Å². The first kappa shape index (κ1) is 15.8. The van der Waals surface area contributed by atoms with Crippen LogP contribution in [0.25, 0.3) is 0 Å². The summed E-state index contributed by atoms with van der Waals surface area (Å²) >= 11 is 0. The molecule has 21 heavy (non-hydrogen) atoms. The number of nitrogens with zero attached hydrogens (tertiary/aromatic N) is 2. The van der Waals surface area contributed by atoms with Gasteiger partial charge in [-0.3, -0.25) is 15.1 Å². The van der Waals surface area contributed by atoms with Crippen LogP contribution in [-0.2, 0) is 4.79 Å². The van der Waals surface area contributed by atoms with E-state index in [9.17, 15) is 4.79 Å². The van der Waals surface area contributed by atoms with Crippen molar-refractivity contribution in [3.63, 3.8) is 0 Å². The monoisotopic (exact) mass is 290 g/mol. The maximum atomic E-state index is 11.6. The van der Waals surface area contributed by atoms with E-state index in [0.29, 0.717) is 0 Å². The van der Waals surface area contributed by atoms with Gasteiger partial charge in [0.15, 0.2) is 0 Å². The summed E-state index contributed by atoms with van der Waals surface area (Å²) in [4.78, 5) is 16.4. The second-order valence-corrected chi connectivity index (χ2v) is 5.90. The number of rotatable bonds is 4. The molecular formula is C16H26N4O. The number of hydrogen-bond acceptors (Lipinski definition) is 4. The number of carbonyl (C=O) groups excluding carboxylic acids is 1. The molecule has 5 heteroatoms. The van der Waals surface area contributed by atoms with Crippen LogP contribution in [-0.4, -0.2) is 43.0 Å². The molecule has 0 radical (unpaired) electrons. The van der Waals surface area contributed by atoms with Gasteiger partial charge in [0.1, 0.15) is 0 Å². The highest BCUT2D eigenvalue weighted by Gasteiger charge is 2.28. The topological polar surface area (TPSA) is 61.6 Å². The summed E-state index contributed by atoms with van der Waals surface area (Å²) in [6, 6.07) is 8.82. The molecule has 3 N–H and O–H groups in total. The molecule has 1 aliphatic rings. The lowest BCUT2D eigenvalue weighted by molar-refractivity contribution is -0.126. The second kappa shape index (κ2) is 6.91. The Morgan fingerprint density at radius 1 is 1.24 bits per heavy atom. The predicted octanol–water partition coefficient (Wildman–Crippen LogP) is 1.13. The number of nitrogens with one attached hydrogen (secondary N) is 1. The van der Waals surface area contributed by atoms with Crippen molar-refractivity contribution in [1.82, 2.24) is 10.3 Å². The van der Waals surface area contributed by atoms with Crippen LogP contribution in [0, 0.1) is 12.8 Å². The first-order valence-electron chi connectivity index (χ1n) is 7.59. The van der Waals surface area contributed by atoms with Gasteiger partial charge in [0.25, 0.3) is 0 Å². The Kier molecular flexibility index (Phi) is 5.20. The summed E-state index contributed by atoms with van der Waals surface area (Å²) < 4.78 is 0. The zero-order valence-electron chi connectivity index (χ0n) is 13.2. The fourth-order valence-electron chi connectivity index (χ4n) is 2.88. The largest absolute Gasteiger partial charge is 0.369 e. The van der Waals surface area contributed by atoms with E-state index in [1.165, 1.54) is 11.3 Å². The molecular weight excluding hydrogens is 264 g/mol. The average Bonchev–Trinajstić information content (AvgIpc) is 2.53. The van der Waals surface area contributed by atoms with Crippen molar-refractivity contribution in [1.29, 1.82) is 0 Å². The van der Waals surface area contributed by atoms with E-state index in [2.05, 4.69) is 53.3 Å². The van der Waals surface area contributed by atoms with Gasteiger partial charge in [-0.25, -0.2) is 5.84 Å². The minimum absolute atomic E-state index is 0.0939. The summed E-state index contributed by atoms with van der Waals surface area (Å²) in [5.74, 6) is 5.04. The third-order valence-electron chi connectivity index (χ3n) is 4.54. The van der Waals surface area contributed by atoms with Crippen LogP contribution in [0.5, 0.6) is 0 Å². The maximum absolute atomic E-state index is 11.6. The van der Waals surface area contributed by atoms with Gasteiger partial charge in [0, 0.05) is 37.9 Å². The lowest BCUT2D eigenvalue weighted by Gasteiger charge is -2.40. The summed E-state index contributed by atoms with van der Waals surface area (Å²) in [6.07, 6.45) is 0. The van der Waals surface area contributed by atoms with Crippen LogP contribution >= 0.6 is 0 Å². The van der Waals surface area contributed by atoms with Gasteiger partial charge in [-0.1, -0.05) is 19.1 Å². The standard InChI is InChI=1S/C16H26N4O/c1-12-5-4-6-15(11-12)20-9-7-19(8-10-20)14(3)13(2)16(21)18-17/h4-6,11,13-14H,7-10,17H2,1-3H3,(H,18,21). The number of carbonyl (C=O) groups is 1. The average molecular weight is 290 g/mol. The molecule has 1 aromatic rings. The van der Waals surface area contributed by atoms with Crippen LogP contribution in [0.3, 0.4) is 0 Å². The number of benzene rings is 1. The molecule has 0 saturated carbocycles. The fourth-order valence-corrected chi connectivity index (χ4v) is 2.88. The highest BCUT2D eigenvalue weighted by atomic mass is 16.2. The van der Waals surface area contributed by atoms with E-state index < -0.39 is 0 Å². The predicted molar refractivity (Wildman–Crippen MR) is 85.9 cm³/mol. The zero-order valence-corrected chi connectivity index (χ0v) is 13.2. The first-order chi connectivity index (χ1) is 10.0.